The van der Waals surface area contributed by atoms with Crippen molar-refractivity contribution in [3.05, 3.63) is 204 Å². The number of para-hydroxylation sites is 1. The van der Waals surface area contributed by atoms with Crippen molar-refractivity contribution in [2.24, 2.45) is 0 Å². The summed E-state index contributed by atoms with van der Waals surface area (Å²) < 4.78 is 0. The van der Waals surface area contributed by atoms with Crippen molar-refractivity contribution < 1.29 is 0 Å². The maximum Gasteiger partial charge on any atom is 0.0464 e. The van der Waals surface area contributed by atoms with Crippen LogP contribution in [0.3, 0.4) is 0 Å². The lowest BCUT2D eigenvalue weighted by molar-refractivity contribution is 0.595. The van der Waals surface area contributed by atoms with E-state index in [-0.39, 0.29) is 10.8 Å². The Hall–Kier alpha value is -6.18. The SMILES string of the molecule is CC1(c2ccc(-c3cccc4c5ccccc5c5ccccc5c34)cc2)C=CC(N(c2ccccc2)c2ccc3c(c2)C(C)(C)c2ccccc2-3)=CC1. The molecular formula is C52H41N. The lowest BCUT2D eigenvalue weighted by Gasteiger charge is -2.34. The summed E-state index contributed by atoms with van der Waals surface area (Å²) in [5, 5.41) is 7.86. The molecule has 0 spiro atoms. The molecule has 8 aromatic carbocycles. The second-order valence-electron chi connectivity index (χ2n) is 15.6. The van der Waals surface area contributed by atoms with Crippen LogP contribution in [-0.4, -0.2) is 0 Å². The van der Waals surface area contributed by atoms with Crippen molar-refractivity contribution >= 4 is 43.7 Å². The van der Waals surface area contributed by atoms with E-state index in [1.165, 1.54) is 88.3 Å². The molecule has 0 radical (unpaired) electrons. The van der Waals surface area contributed by atoms with Gasteiger partial charge in [-0.25, -0.2) is 0 Å². The molecule has 0 aliphatic heterocycles. The zero-order chi connectivity index (χ0) is 35.7. The molecule has 0 saturated carbocycles. The highest BCUT2D eigenvalue weighted by atomic mass is 15.1. The fourth-order valence-electron chi connectivity index (χ4n) is 9.18. The molecule has 254 valence electrons. The summed E-state index contributed by atoms with van der Waals surface area (Å²) in [5.74, 6) is 0. The Kier molecular flexibility index (Phi) is 7.10. The van der Waals surface area contributed by atoms with Crippen molar-refractivity contribution in [3.63, 3.8) is 0 Å². The zero-order valence-corrected chi connectivity index (χ0v) is 30.5. The fourth-order valence-corrected chi connectivity index (χ4v) is 9.18. The molecule has 10 rings (SSSR count). The van der Waals surface area contributed by atoms with Crippen LogP contribution >= 0.6 is 0 Å². The molecule has 0 N–H and O–H groups in total. The molecule has 0 saturated heterocycles. The maximum atomic E-state index is 2.43. The average Bonchev–Trinajstić information content (AvgIpc) is 3.44. The average molecular weight is 680 g/mol. The monoisotopic (exact) mass is 679 g/mol. The van der Waals surface area contributed by atoms with E-state index in [0.717, 1.165) is 6.42 Å². The minimum Gasteiger partial charge on any atom is -0.311 e. The van der Waals surface area contributed by atoms with Crippen LogP contribution in [0.5, 0.6) is 0 Å². The van der Waals surface area contributed by atoms with Gasteiger partial charge < -0.3 is 4.90 Å². The highest BCUT2D eigenvalue weighted by molar-refractivity contribution is 6.28. The first kappa shape index (κ1) is 31.5. The van der Waals surface area contributed by atoms with Gasteiger partial charge in [-0.15, -0.1) is 0 Å². The van der Waals surface area contributed by atoms with Gasteiger partial charge in [-0.3, -0.25) is 0 Å². The molecule has 8 aromatic rings. The number of fused-ring (bicyclic) bond motifs is 9. The minimum atomic E-state index is -0.117. The van der Waals surface area contributed by atoms with Crippen LogP contribution in [0.4, 0.5) is 11.4 Å². The highest BCUT2D eigenvalue weighted by Gasteiger charge is 2.36. The molecule has 2 aliphatic rings. The van der Waals surface area contributed by atoms with E-state index >= 15 is 0 Å². The number of rotatable bonds is 5. The van der Waals surface area contributed by atoms with E-state index < -0.39 is 0 Å². The molecule has 1 atom stereocenters. The van der Waals surface area contributed by atoms with E-state index in [9.17, 15) is 0 Å². The highest BCUT2D eigenvalue weighted by Crippen LogP contribution is 2.50. The Labute approximate surface area is 312 Å². The molecule has 0 fully saturated rings. The van der Waals surface area contributed by atoms with Crippen LogP contribution in [0.1, 0.15) is 43.9 Å². The topological polar surface area (TPSA) is 3.24 Å². The largest absolute Gasteiger partial charge is 0.311 e. The number of hydrogen-bond donors (Lipinski definition) is 0. The molecule has 1 unspecified atom stereocenters. The zero-order valence-electron chi connectivity index (χ0n) is 30.5. The maximum absolute atomic E-state index is 2.43. The van der Waals surface area contributed by atoms with Crippen LogP contribution in [0.2, 0.25) is 0 Å². The summed E-state index contributed by atoms with van der Waals surface area (Å²) in [6.07, 6.45) is 8.09. The lowest BCUT2D eigenvalue weighted by atomic mass is 9.76. The van der Waals surface area contributed by atoms with Crippen LogP contribution in [0.15, 0.2) is 188 Å². The van der Waals surface area contributed by atoms with Crippen molar-refractivity contribution in [1.29, 1.82) is 0 Å². The summed E-state index contributed by atoms with van der Waals surface area (Å²) in [4.78, 5) is 2.42. The van der Waals surface area contributed by atoms with Gasteiger partial charge >= 0.3 is 0 Å². The van der Waals surface area contributed by atoms with Crippen LogP contribution in [0.25, 0.3) is 54.6 Å². The quantitative estimate of drug-likeness (QED) is 0.164. The molecule has 1 heteroatoms. The summed E-state index contributed by atoms with van der Waals surface area (Å²) in [5.41, 5.74) is 12.7. The van der Waals surface area contributed by atoms with Crippen LogP contribution in [-0.2, 0) is 10.8 Å². The fraction of sp³-hybridized carbons (Fsp3) is 0.115. The van der Waals surface area contributed by atoms with E-state index in [0.29, 0.717) is 0 Å². The van der Waals surface area contributed by atoms with Gasteiger partial charge in [-0.05, 0) is 108 Å². The third kappa shape index (κ3) is 4.91. The molecule has 0 heterocycles. The predicted octanol–water partition coefficient (Wildman–Crippen LogP) is 14.1. The smallest absolute Gasteiger partial charge is 0.0464 e. The normalized spacial score (nSPS) is 17.2. The molecule has 53 heavy (non-hydrogen) atoms. The number of allylic oxidation sites excluding steroid dienone is 3. The summed E-state index contributed by atoms with van der Waals surface area (Å²) in [7, 11) is 0. The number of benzene rings is 8. The second kappa shape index (κ2) is 11.9. The van der Waals surface area contributed by atoms with Gasteiger partial charge in [0.05, 0.1) is 0 Å². The van der Waals surface area contributed by atoms with E-state index in [4.69, 9.17) is 0 Å². The minimum absolute atomic E-state index is 0.0568. The van der Waals surface area contributed by atoms with E-state index in [2.05, 4.69) is 208 Å². The van der Waals surface area contributed by atoms with Crippen molar-refractivity contribution in [2.75, 3.05) is 4.90 Å². The van der Waals surface area contributed by atoms with Gasteiger partial charge in [-0.2, -0.15) is 0 Å². The lowest BCUT2D eigenvalue weighted by Crippen LogP contribution is -2.24. The van der Waals surface area contributed by atoms with Gasteiger partial charge in [-0.1, -0.05) is 172 Å². The third-order valence-corrected chi connectivity index (χ3v) is 12.1. The Morgan fingerprint density at radius 3 is 1.75 bits per heavy atom. The van der Waals surface area contributed by atoms with Gasteiger partial charge in [0.25, 0.3) is 0 Å². The molecule has 1 nitrogen and oxygen atoms in total. The van der Waals surface area contributed by atoms with Crippen LogP contribution in [0, 0.1) is 0 Å². The van der Waals surface area contributed by atoms with E-state index in [1.807, 2.05) is 0 Å². The number of nitrogens with zero attached hydrogens (tertiary/aromatic N) is 1. The number of hydrogen-bond acceptors (Lipinski definition) is 1. The van der Waals surface area contributed by atoms with Crippen molar-refractivity contribution in [1.82, 2.24) is 0 Å². The van der Waals surface area contributed by atoms with Gasteiger partial charge in [0.2, 0.25) is 0 Å². The second-order valence-corrected chi connectivity index (χ2v) is 15.6. The predicted molar refractivity (Wildman–Crippen MR) is 226 cm³/mol. The first-order chi connectivity index (χ1) is 25.9. The Morgan fingerprint density at radius 1 is 0.472 bits per heavy atom. The molecule has 2 aliphatic carbocycles. The molecule has 0 bridgehead atoms. The van der Waals surface area contributed by atoms with Gasteiger partial charge in [0, 0.05) is 27.9 Å². The van der Waals surface area contributed by atoms with Crippen molar-refractivity contribution in [3.8, 4) is 22.3 Å². The summed E-state index contributed by atoms with van der Waals surface area (Å²) >= 11 is 0. The van der Waals surface area contributed by atoms with Gasteiger partial charge in [0.1, 0.15) is 0 Å². The summed E-state index contributed by atoms with van der Waals surface area (Å²) in [6, 6.07) is 60.5. The Bertz CT molecular complexity index is 2740. The summed E-state index contributed by atoms with van der Waals surface area (Å²) in [6.45, 7) is 7.08. The molecule has 0 aromatic heterocycles. The van der Waals surface area contributed by atoms with Crippen LogP contribution < -0.4 is 4.90 Å². The molecular weight excluding hydrogens is 639 g/mol. The van der Waals surface area contributed by atoms with Gasteiger partial charge in [0.15, 0.2) is 0 Å². The van der Waals surface area contributed by atoms with Crippen molar-refractivity contribution in [2.45, 2.75) is 38.0 Å². The standard InChI is InChI=1S/C52H41N/c1-51(2)48-23-12-11-19-44(48)45-29-28-39(34-49(45)51)53(37-14-5-4-6-15-37)38-30-32-52(3,33-31-38)36-26-24-35(25-27-36)40-21-13-22-47-43-17-8-7-16-41(43)42-18-9-10-20-46(42)50(40)47/h4-32,34H,33H2,1-3H3. The Morgan fingerprint density at radius 2 is 1.06 bits per heavy atom. The third-order valence-electron chi connectivity index (χ3n) is 12.1. The first-order valence-electron chi connectivity index (χ1n) is 18.8. The van der Waals surface area contributed by atoms with E-state index in [1.54, 1.807) is 0 Å². The Balaban J connectivity index is 0.998. The number of anilines is 2. The molecule has 0 amide bonds. The first-order valence-corrected chi connectivity index (χ1v) is 18.8.